The molecule has 0 aromatic carbocycles. The van der Waals surface area contributed by atoms with Crippen LogP contribution < -0.4 is 10.2 Å². The van der Waals surface area contributed by atoms with Gasteiger partial charge in [-0.3, -0.25) is 9.69 Å². The first-order valence-electron chi connectivity index (χ1n) is 8.95. The Morgan fingerprint density at radius 2 is 2.08 bits per heavy atom. The fraction of sp³-hybridized carbons (Fsp3) is 0.706. The molecule has 2 fully saturated rings. The van der Waals surface area contributed by atoms with Gasteiger partial charge in [-0.05, 0) is 38.6 Å². The highest BCUT2D eigenvalue weighted by Crippen LogP contribution is 2.29. The zero-order valence-corrected chi connectivity index (χ0v) is 14.3. The Kier molecular flexibility index (Phi) is 5.50. The highest BCUT2D eigenvalue weighted by Gasteiger charge is 2.34. The third kappa shape index (κ3) is 4.14. The molecule has 1 saturated heterocycles. The van der Waals surface area contributed by atoms with Gasteiger partial charge in [-0.1, -0.05) is 6.92 Å². The monoisotopic (exact) mass is 333 g/mol. The molecule has 0 amide bonds. The average molecular weight is 333 g/mol. The largest absolute Gasteiger partial charge is 0.480 e. The van der Waals surface area contributed by atoms with Crippen molar-refractivity contribution in [2.24, 2.45) is 0 Å². The van der Waals surface area contributed by atoms with Crippen LogP contribution in [0.3, 0.4) is 0 Å². The molecule has 0 atom stereocenters. The van der Waals surface area contributed by atoms with E-state index in [0.29, 0.717) is 12.1 Å². The predicted octanol–water partition coefficient (Wildman–Crippen LogP) is 1.82. The molecule has 7 nitrogen and oxygen atoms in total. The van der Waals surface area contributed by atoms with Crippen LogP contribution >= 0.6 is 0 Å². The molecule has 7 heteroatoms. The van der Waals surface area contributed by atoms with E-state index in [1.165, 1.54) is 19.3 Å². The minimum atomic E-state index is -0.754. The molecule has 0 unspecified atom stereocenters. The molecule has 24 heavy (non-hydrogen) atoms. The van der Waals surface area contributed by atoms with Crippen molar-refractivity contribution >= 4 is 17.6 Å². The van der Waals surface area contributed by atoms with Crippen molar-refractivity contribution in [2.75, 3.05) is 36.4 Å². The summed E-state index contributed by atoms with van der Waals surface area (Å²) in [6, 6.07) is 2.75. The van der Waals surface area contributed by atoms with Gasteiger partial charge < -0.3 is 15.3 Å². The van der Waals surface area contributed by atoms with Gasteiger partial charge in [0.15, 0.2) is 0 Å². The molecule has 0 bridgehead atoms. The zero-order chi connectivity index (χ0) is 16.9. The Labute approximate surface area is 143 Å². The van der Waals surface area contributed by atoms with Crippen LogP contribution in [-0.4, -0.2) is 64.2 Å². The highest BCUT2D eigenvalue weighted by molar-refractivity contribution is 5.69. The Morgan fingerprint density at radius 1 is 1.33 bits per heavy atom. The van der Waals surface area contributed by atoms with Gasteiger partial charge >= 0.3 is 5.97 Å². The number of carboxylic acids is 1. The summed E-state index contributed by atoms with van der Waals surface area (Å²) in [7, 11) is 0. The number of likely N-dealkylation sites (N-methyl/N-ethyl adjacent to an activating group) is 1. The van der Waals surface area contributed by atoms with Crippen LogP contribution in [0.4, 0.5) is 11.6 Å². The van der Waals surface area contributed by atoms with Gasteiger partial charge in [0.05, 0.1) is 6.54 Å². The standard InChI is InChI=1S/C17H27N5O2/c1-2-21(11-17(23)24)14-8-13(9-14)20-15-10-16(19-12-18-15)22-6-4-3-5-7-22/h10,12-14H,2-9,11H2,1H3,(H,23,24)(H,18,19,20). The molecule has 1 aliphatic heterocycles. The Morgan fingerprint density at radius 3 is 2.75 bits per heavy atom. The van der Waals surface area contributed by atoms with E-state index in [2.05, 4.69) is 20.2 Å². The maximum atomic E-state index is 10.9. The van der Waals surface area contributed by atoms with E-state index < -0.39 is 5.97 Å². The molecule has 1 saturated carbocycles. The van der Waals surface area contributed by atoms with E-state index in [-0.39, 0.29) is 6.54 Å². The molecule has 0 radical (unpaired) electrons. The maximum absolute atomic E-state index is 10.9. The quantitative estimate of drug-likeness (QED) is 0.787. The van der Waals surface area contributed by atoms with E-state index in [1.54, 1.807) is 6.33 Å². The van der Waals surface area contributed by atoms with Gasteiger partial charge in [-0.25, -0.2) is 9.97 Å². The maximum Gasteiger partial charge on any atom is 0.317 e. The highest BCUT2D eigenvalue weighted by atomic mass is 16.4. The number of rotatable bonds is 7. The molecule has 1 aromatic heterocycles. The summed E-state index contributed by atoms with van der Waals surface area (Å²) in [6.07, 6.45) is 7.32. The lowest BCUT2D eigenvalue weighted by atomic mass is 9.85. The second-order valence-electron chi connectivity index (χ2n) is 6.73. The number of nitrogens with zero attached hydrogens (tertiary/aromatic N) is 4. The predicted molar refractivity (Wildman–Crippen MR) is 93.4 cm³/mol. The van der Waals surface area contributed by atoms with Crippen molar-refractivity contribution in [2.45, 2.75) is 51.1 Å². The van der Waals surface area contributed by atoms with Crippen LogP contribution in [0.25, 0.3) is 0 Å². The number of anilines is 2. The smallest absolute Gasteiger partial charge is 0.317 e. The second-order valence-corrected chi connectivity index (χ2v) is 6.73. The first-order chi connectivity index (χ1) is 11.7. The van der Waals surface area contributed by atoms with E-state index in [1.807, 2.05) is 17.9 Å². The first-order valence-corrected chi connectivity index (χ1v) is 8.95. The van der Waals surface area contributed by atoms with Crippen molar-refractivity contribution in [1.29, 1.82) is 0 Å². The van der Waals surface area contributed by atoms with Gasteiger partial charge in [-0.2, -0.15) is 0 Å². The van der Waals surface area contributed by atoms with Crippen LogP contribution in [0.1, 0.15) is 39.0 Å². The summed E-state index contributed by atoms with van der Waals surface area (Å²) < 4.78 is 0. The molecule has 2 aliphatic rings. The van der Waals surface area contributed by atoms with Gasteiger partial charge in [0.1, 0.15) is 18.0 Å². The number of nitrogens with one attached hydrogen (secondary N) is 1. The fourth-order valence-corrected chi connectivity index (χ4v) is 3.61. The summed E-state index contributed by atoms with van der Waals surface area (Å²) in [6.45, 7) is 5.06. The molecule has 1 aromatic rings. The van der Waals surface area contributed by atoms with E-state index in [4.69, 9.17) is 5.11 Å². The van der Waals surface area contributed by atoms with Gasteiger partial charge in [0, 0.05) is 31.2 Å². The van der Waals surface area contributed by atoms with Crippen molar-refractivity contribution in [1.82, 2.24) is 14.9 Å². The first kappa shape index (κ1) is 17.0. The molecule has 132 valence electrons. The van der Waals surface area contributed by atoms with Gasteiger partial charge in [0.25, 0.3) is 0 Å². The van der Waals surface area contributed by atoms with Gasteiger partial charge in [-0.15, -0.1) is 0 Å². The molecule has 2 heterocycles. The van der Waals surface area contributed by atoms with Crippen molar-refractivity contribution < 1.29 is 9.90 Å². The molecule has 2 N–H and O–H groups in total. The van der Waals surface area contributed by atoms with E-state index >= 15 is 0 Å². The van der Waals surface area contributed by atoms with E-state index in [9.17, 15) is 4.79 Å². The van der Waals surface area contributed by atoms with E-state index in [0.717, 1.165) is 44.1 Å². The fourth-order valence-electron chi connectivity index (χ4n) is 3.61. The second kappa shape index (κ2) is 7.79. The third-order valence-corrected chi connectivity index (χ3v) is 5.06. The SMILES string of the molecule is CCN(CC(=O)O)C1CC(Nc2cc(N3CCCCC3)ncn2)C1. The minimum absolute atomic E-state index is 0.125. The minimum Gasteiger partial charge on any atom is -0.480 e. The van der Waals surface area contributed by atoms with Crippen molar-refractivity contribution in [3.63, 3.8) is 0 Å². The topological polar surface area (TPSA) is 81.6 Å². The molecule has 1 aliphatic carbocycles. The number of aromatic nitrogens is 2. The normalized spacial score (nSPS) is 23.8. The van der Waals surface area contributed by atoms with Crippen LogP contribution in [-0.2, 0) is 4.79 Å². The number of hydrogen-bond acceptors (Lipinski definition) is 6. The summed E-state index contributed by atoms with van der Waals surface area (Å²) in [5.74, 6) is 1.12. The number of carbonyl (C=O) groups is 1. The van der Waals surface area contributed by atoms with Crippen molar-refractivity contribution in [3.05, 3.63) is 12.4 Å². The summed E-state index contributed by atoms with van der Waals surface area (Å²) in [4.78, 5) is 24.0. The number of hydrogen-bond donors (Lipinski definition) is 2. The number of aliphatic carboxylic acids is 1. The van der Waals surface area contributed by atoms with Crippen LogP contribution in [0, 0.1) is 0 Å². The zero-order valence-electron chi connectivity index (χ0n) is 14.3. The van der Waals surface area contributed by atoms with Crippen LogP contribution in [0.15, 0.2) is 12.4 Å². The Balaban J connectivity index is 1.51. The molecular formula is C17H27N5O2. The average Bonchev–Trinajstić information content (AvgIpc) is 2.57. The van der Waals surface area contributed by atoms with Crippen LogP contribution in [0.2, 0.25) is 0 Å². The van der Waals surface area contributed by atoms with Crippen molar-refractivity contribution in [3.8, 4) is 0 Å². The summed E-state index contributed by atoms with van der Waals surface area (Å²) in [5, 5.41) is 12.4. The molecule has 0 spiro atoms. The Hall–Kier alpha value is -1.89. The number of piperidine rings is 1. The van der Waals surface area contributed by atoms with Crippen LogP contribution in [0.5, 0.6) is 0 Å². The summed E-state index contributed by atoms with van der Waals surface area (Å²) in [5.41, 5.74) is 0. The Bertz CT molecular complexity index is 556. The molecule has 3 rings (SSSR count). The summed E-state index contributed by atoms with van der Waals surface area (Å²) >= 11 is 0. The lowest BCUT2D eigenvalue weighted by molar-refractivity contribution is -0.139. The third-order valence-electron chi connectivity index (χ3n) is 5.06. The van der Waals surface area contributed by atoms with Gasteiger partial charge in [0.2, 0.25) is 0 Å². The number of carboxylic acid groups (broad SMARTS) is 1. The lowest BCUT2D eigenvalue weighted by Crippen LogP contribution is -2.51. The lowest BCUT2D eigenvalue weighted by Gasteiger charge is -2.42. The molecular weight excluding hydrogens is 306 g/mol.